The SMILES string of the molecule is Cc1cccc(N/C=C\C(=O)c2ccc(Cl)c(Cl)c2)c1C. The fraction of sp³-hybridized carbons (Fsp3) is 0.118. The summed E-state index contributed by atoms with van der Waals surface area (Å²) in [6, 6.07) is 10.8. The third-order valence-electron chi connectivity index (χ3n) is 3.28. The van der Waals surface area contributed by atoms with Gasteiger partial charge in [0.2, 0.25) is 0 Å². The number of rotatable bonds is 4. The van der Waals surface area contributed by atoms with Crippen LogP contribution >= 0.6 is 23.2 Å². The minimum atomic E-state index is -0.133. The largest absolute Gasteiger partial charge is 0.361 e. The van der Waals surface area contributed by atoms with Crippen molar-refractivity contribution < 1.29 is 4.79 Å². The molecule has 0 atom stereocenters. The first-order valence-corrected chi connectivity index (χ1v) is 7.23. The number of carbonyl (C=O) groups excluding carboxylic acids is 1. The topological polar surface area (TPSA) is 29.1 Å². The van der Waals surface area contributed by atoms with Crippen molar-refractivity contribution in [2.45, 2.75) is 13.8 Å². The molecule has 0 amide bonds. The number of benzene rings is 2. The van der Waals surface area contributed by atoms with Crippen LogP contribution in [-0.4, -0.2) is 5.78 Å². The van der Waals surface area contributed by atoms with Crippen molar-refractivity contribution in [1.82, 2.24) is 0 Å². The predicted octanol–water partition coefficient (Wildman–Crippen LogP) is 5.42. The maximum absolute atomic E-state index is 12.0. The van der Waals surface area contributed by atoms with Crippen molar-refractivity contribution in [2.24, 2.45) is 0 Å². The number of ketones is 1. The van der Waals surface area contributed by atoms with E-state index in [9.17, 15) is 4.79 Å². The van der Waals surface area contributed by atoms with Gasteiger partial charge in [-0.25, -0.2) is 0 Å². The van der Waals surface area contributed by atoms with E-state index in [4.69, 9.17) is 23.2 Å². The summed E-state index contributed by atoms with van der Waals surface area (Å²) in [6.45, 7) is 4.08. The van der Waals surface area contributed by atoms with Gasteiger partial charge >= 0.3 is 0 Å². The van der Waals surface area contributed by atoms with Crippen LogP contribution in [0.2, 0.25) is 10.0 Å². The molecule has 0 aromatic heterocycles. The van der Waals surface area contributed by atoms with Crippen molar-refractivity contribution in [3.8, 4) is 0 Å². The van der Waals surface area contributed by atoms with Crippen LogP contribution in [0.5, 0.6) is 0 Å². The fourth-order valence-electron chi connectivity index (χ4n) is 1.86. The number of nitrogens with one attached hydrogen (secondary N) is 1. The first-order chi connectivity index (χ1) is 9.99. The maximum atomic E-state index is 12.0. The van der Waals surface area contributed by atoms with Crippen molar-refractivity contribution in [3.63, 3.8) is 0 Å². The molecule has 0 fully saturated rings. The molecule has 0 aliphatic rings. The molecule has 21 heavy (non-hydrogen) atoms. The molecule has 0 aliphatic heterocycles. The molecule has 2 aromatic rings. The highest BCUT2D eigenvalue weighted by atomic mass is 35.5. The highest BCUT2D eigenvalue weighted by Crippen LogP contribution is 2.23. The molecule has 0 radical (unpaired) electrons. The monoisotopic (exact) mass is 319 g/mol. The zero-order chi connectivity index (χ0) is 15.4. The summed E-state index contributed by atoms with van der Waals surface area (Å²) in [5, 5.41) is 3.93. The van der Waals surface area contributed by atoms with Gasteiger partial charge in [-0.05, 0) is 49.2 Å². The average molecular weight is 320 g/mol. The lowest BCUT2D eigenvalue weighted by atomic mass is 10.1. The second-order valence-electron chi connectivity index (χ2n) is 4.72. The minimum absolute atomic E-state index is 0.133. The fourth-order valence-corrected chi connectivity index (χ4v) is 2.16. The maximum Gasteiger partial charge on any atom is 0.187 e. The van der Waals surface area contributed by atoms with Crippen LogP contribution in [0.1, 0.15) is 21.5 Å². The minimum Gasteiger partial charge on any atom is -0.361 e. The van der Waals surface area contributed by atoms with E-state index in [-0.39, 0.29) is 5.78 Å². The highest BCUT2D eigenvalue weighted by Gasteiger charge is 2.05. The Kier molecular flexibility index (Phi) is 5.05. The van der Waals surface area contributed by atoms with Crippen LogP contribution in [0, 0.1) is 13.8 Å². The standard InChI is InChI=1S/C17H15Cl2NO/c1-11-4-3-5-16(12(11)2)20-9-8-17(21)13-6-7-14(18)15(19)10-13/h3-10,20H,1-2H3/b9-8-. The molecule has 0 saturated carbocycles. The smallest absolute Gasteiger partial charge is 0.187 e. The summed E-state index contributed by atoms with van der Waals surface area (Å²) >= 11 is 11.7. The van der Waals surface area contributed by atoms with E-state index >= 15 is 0 Å². The predicted molar refractivity (Wildman–Crippen MR) is 89.5 cm³/mol. The van der Waals surface area contributed by atoms with Crippen molar-refractivity contribution in [2.75, 3.05) is 5.32 Å². The van der Waals surface area contributed by atoms with Gasteiger partial charge in [0, 0.05) is 23.5 Å². The average Bonchev–Trinajstić information content (AvgIpc) is 2.46. The lowest BCUT2D eigenvalue weighted by molar-refractivity contribution is 0.104. The number of aryl methyl sites for hydroxylation is 1. The Labute approximate surface area is 134 Å². The summed E-state index contributed by atoms with van der Waals surface area (Å²) in [4.78, 5) is 12.0. The van der Waals surface area contributed by atoms with Crippen molar-refractivity contribution in [1.29, 1.82) is 0 Å². The second kappa shape index (κ2) is 6.79. The van der Waals surface area contributed by atoms with E-state index in [1.54, 1.807) is 24.4 Å². The normalized spacial score (nSPS) is 10.9. The van der Waals surface area contributed by atoms with Gasteiger partial charge in [-0.2, -0.15) is 0 Å². The summed E-state index contributed by atoms with van der Waals surface area (Å²) in [5.41, 5.74) is 3.84. The molecule has 108 valence electrons. The lowest BCUT2D eigenvalue weighted by Gasteiger charge is -2.07. The van der Waals surface area contributed by atoms with Gasteiger partial charge in [0.15, 0.2) is 5.78 Å². The highest BCUT2D eigenvalue weighted by molar-refractivity contribution is 6.42. The van der Waals surface area contributed by atoms with E-state index in [0.29, 0.717) is 15.6 Å². The second-order valence-corrected chi connectivity index (χ2v) is 5.53. The Balaban J connectivity index is 2.09. The van der Waals surface area contributed by atoms with Gasteiger partial charge in [0.25, 0.3) is 0 Å². The summed E-state index contributed by atoms with van der Waals surface area (Å²) < 4.78 is 0. The van der Waals surface area contributed by atoms with E-state index in [2.05, 4.69) is 5.32 Å². The third-order valence-corrected chi connectivity index (χ3v) is 4.02. The molecule has 0 saturated heterocycles. The molecule has 0 unspecified atom stereocenters. The number of carbonyl (C=O) groups is 1. The molecule has 2 rings (SSSR count). The van der Waals surface area contributed by atoms with E-state index in [1.807, 2.05) is 32.0 Å². The quantitative estimate of drug-likeness (QED) is 0.602. The van der Waals surface area contributed by atoms with Crippen molar-refractivity contribution >= 4 is 34.7 Å². The summed E-state index contributed by atoms with van der Waals surface area (Å²) in [5.74, 6) is -0.133. The third kappa shape index (κ3) is 3.87. The van der Waals surface area contributed by atoms with Gasteiger partial charge in [-0.3, -0.25) is 4.79 Å². The van der Waals surface area contributed by atoms with E-state index in [0.717, 1.165) is 11.3 Å². The molecule has 2 aromatic carbocycles. The number of hydrogen-bond donors (Lipinski definition) is 1. The molecule has 0 heterocycles. The summed E-state index contributed by atoms with van der Waals surface area (Å²) in [6.07, 6.45) is 3.11. The number of halogens is 2. The number of allylic oxidation sites excluding steroid dienone is 1. The van der Waals surface area contributed by atoms with Crippen molar-refractivity contribution in [3.05, 3.63) is 75.4 Å². The molecule has 0 aliphatic carbocycles. The summed E-state index contributed by atoms with van der Waals surface area (Å²) in [7, 11) is 0. The Bertz CT molecular complexity index is 708. The Morgan fingerprint density at radius 2 is 1.86 bits per heavy atom. The lowest BCUT2D eigenvalue weighted by Crippen LogP contribution is -1.97. The van der Waals surface area contributed by atoms with Crippen LogP contribution in [0.15, 0.2) is 48.7 Å². The molecule has 1 N–H and O–H groups in total. The number of hydrogen-bond acceptors (Lipinski definition) is 2. The van der Waals surface area contributed by atoms with Gasteiger partial charge in [-0.1, -0.05) is 35.3 Å². The van der Waals surface area contributed by atoms with Gasteiger partial charge < -0.3 is 5.32 Å². The molecule has 4 heteroatoms. The van der Waals surface area contributed by atoms with E-state index < -0.39 is 0 Å². The Morgan fingerprint density at radius 1 is 1.10 bits per heavy atom. The van der Waals surface area contributed by atoms with Gasteiger partial charge in [0.1, 0.15) is 0 Å². The molecule has 2 nitrogen and oxygen atoms in total. The molecular weight excluding hydrogens is 305 g/mol. The Morgan fingerprint density at radius 3 is 2.57 bits per heavy atom. The van der Waals surface area contributed by atoms with Crippen LogP contribution < -0.4 is 5.32 Å². The van der Waals surface area contributed by atoms with Crippen LogP contribution in [-0.2, 0) is 0 Å². The molecule has 0 bridgehead atoms. The Hall–Kier alpha value is -1.77. The number of anilines is 1. The van der Waals surface area contributed by atoms with Crippen LogP contribution in [0.4, 0.5) is 5.69 Å². The van der Waals surface area contributed by atoms with Crippen LogP contribution in [0.3, 0.4) is 0 Å². The van der Waals surface area contributed by atoms with Gasteiger partial charge in [0.05, 0.1) is 10.0 Å². The molecular formula is C17H15Cl2NO. The van der Waals surface area contributed by atoms with Crippen LogP contribution in [0.25, 0.3) is 0 Å². The first kappa shape index (κ1) is 15.6. The zero-order valence-corrected chi connectivity index (χ0v) is 13.3. The first-order valence-electron chi connectivity index (χ1n) is 6.47. The van der Waals surface area contributed by atoms with E-state index in [1.165, 1.54) is 11.6 Å². The zero-order valence-electron chi connectivity index (χ0n) is 11.8. The molecule has 0 spiro atoms. The van der Waals surface area contributed by atoms with Gasteiger partial charge in [-0.15, -0.1) is 0 Å².